The Morgan fingerprint density at radius 3 is 3.00 bits per heavy atom. The van der Waals surface area contributed by atoms with Crippen LogP contribution in [0.4, 0.5) is 4.39 Å². The molecule has 0 spiro atoms. The molecule has 0 aromatic heterocycles. The smallest absolute Gasteiger partial charge is 0.129 e. The van der Waals surface area contributed by atoms with Gasteiger partial charge in [0.2, 0.25) is 0 Å². The fourth-order valence-electron chi connectivity index (χ4n) is 1.55. The van der Waals surface area contributed by atoms with E-state index in [0.717, 1.165) is 11.0 Å². The Balaban J connectivity index is 2.22. The van der Waals surface area contributed by atoms with E-state index >= 15 is 0 Å². The van der Waals surface area contributed by atoms with Crippen LogP contribution in [0.15, 0.2) is 22.7 Å². The molecule has 4 heteroatoms. The van der Waals surface area contributed by atoms with Crippen LogP contribution in [0.1, 0.15) is 11.6 Å². The van der Waals surface area contributed by atoms with Crippen LogP contribution in [0.5, 0.6) is 0 Å². The van der Waals surface area contributed by atoms with Crippen molar-refractivity contribution in [2.75, 3.05) is 19.8 Å². The standard InChI is InChI=1S/C10H11BrFNO/c11-7-1-2-8(9(12)5-7)10-6-14-4-3-13-10/h1-2,5,10,13H,3-4,6H2. The second-order valence-electron chi connectivity index (χ2n) is 3.25. The van der Waals surface area contributed by atoms with Crippen LogP contribution >= 0.6 is 15.9 Å². The minimum absolute atomic E-state index is 0.0168. The van der Waals surface area contributed by atoms with Crippen LogP contribution in [0.3, 0.4) is 0 Å². The summed E-state index contributed by atoms with van der Waals surface area (Å²) in [5.41, 5.74) is 0.674. The van der Waals surface area contributed by atoms with E-state index in [1.54, 1.807) is 6.07 Å². The molecule has 0 aliphatic carbocycles. The molecule has 1 aliphatic heterocycles. The molecule has 0 radical (unpaired) electrons. The largest absolute Gasteiger partial charge is 0.378 e. The highest BCUT2D eigenvalue weighted by Crippen LogP contribution is 2.22. The molecule has 0 amide bonds. The topological polar surface area (TPSA) is 21.3 Å². The monoisotopic (exact) mass is 259 g/mol. The summed E-state index contributed by atoms with van der Waals surface area (Å²) >= 11 is 3.23. The number of benzene rings is 1. The second-order valence-corrected chi connectivity index (χ2v) is 4.16. The van der Waals surface area contributed by atoms with Crippen LogP contribution in [-0.4, -0.2) is 19.8 Å². The predicted molar refractivity (Wildman–Crippen MR) is 55.7 cm³/mol. The summed E-state index contributed by atoms with van der Waals surface area (Å²) in [6, 6.07) is 5.09. The first-order valence-corrected chi connectivity index (χ1v) is 5.33. The molecule has 2 rings (SSSR count). The highest BCUT2D eigenvalue weighted by molar-refractivity contribution is 9.10. The summed E-state index contributed by atoms with van der Waals surface area (Å²) in [6.45, 7) is 2.02. The third-order valence-electron chi connectivity index (χ3n) is 2.26. The van der Waals surface area contributed by atoms with Crippen LogP contribution in [-0.2, 0) is 4.74 Å². The zero-order chi connectivity index (χ0) is 9.97. The number of nitrogens with one attached hydrogen (secondary N) is 1. The van der Waals surface area contributed by atoms with Gasteiger partial charge in [0.1, 0.15) is 5.82 Å². The quantitative estimate of drug-likeness (QED) is 0.836. The lowest BCUT2D eigenvalue weighted by atomic mass is 10.1. The van der Waals surface area contributed by atoms with Crippen molar-refractivity contribution in [1.29, 1.82) is 0 Å². The molecule has 1 aromatic carbocycles. The molecule has 76 valence electrons. The van der Waals surface area contributed by atoms with Crippen molar-refractivity contribution < 1.29 is 9.13 Å². The molecule has 1 N–H and O–H groups in total. The maximum atomic E-state index is 13.5. The molecule has 0 bridgehead atoms. The molecule has 1 saturated heterocycles. The fraction of sp³-hybridized carbons (Fsp3) is 0.400. The van der Waals surface area contributed by atoms with Crippen molar-refractivity contribution in [3.05, 3.63) is 34.1 Å². The molecule has 1 unspecified atom stereocenters. The second kappa shape index (κ2) is 4.38. The van der Waals surface area contributed by atoms with Gasteiger partial charge in [-0.3, -0.25) is 0 Å². The summed E-state index contributed by atoms with van der Waals surface area (Å²) < 4.78 is 19.5. The highest BCUT2D eigenvalue weighted by Gasteiger charge is 2.18. The van der Waals surface area contributed by atoms with E-state index in [1.807, 2.05) is 6.07 Å². The lowest BCUT2D eigenvalue weighted by Gasteiger charge is -2.24. The average molecular weight is 260 g/mol. The first-order chi connectivity index (χ1) is 6.77. The molecule has 0 saturated carbocycles. The lowest BCUT2D eigenvalue weighted by Crippen LogP contribution is -2.35. The van der Waals surface area contributed by atoms with E-state index in [2.05, 4.69) is 21.2 Å². The minimum atomic E-state index is -0.192. The maximum absolute atomic E-state index is 13.5. The molecule has 1 aromatic rings. The third kappa shape index (κ3) is 2.13. The van der Waals surface area contributed by atoms with E-state index in [0.29, 0.717) is 18.8 Å². The summed E-state index contributed by atoms with van der Waals surface area (Å²) in [7, 11) is 0. The van der Waals surface area contributed by atoms with Gasteiger partial charge < -0.3 is 10.1 Å². The number of hydrogen-bond acceptors (Lipinski definition) is 2. The average Bonchev–Trinajstić information content (AvgIpc) is 2.19. The summed E-state index contributed by atoms with van der Waals surface area (Å²) in [6.07, 6.45) is 0. The molecular weight excluding hydrogens is 249 g/mol. The van der Waals surface area contributed by atoms with Crippen LogP contribution < -0.4 is 5.32 Å². The number of ether oxygens (including phenoxy) is 1. The van der Waals surface area contributed by atoms with E-state index in [9.17, 15) is 4.39 Å². The minimum Gasteiger partial charge on any atom is -0.378 e. The number of morpholine rings is 1. The van der Waals surface area contributed by atoms with Gasteiger partial charge in [-0.25, -0.2) is 4.39 Å². The summed E-state index contributed by atoms with van der Waals surface area (Å²) in [5.74, 6) is -0.192. The van der Waals surface area contributed by atoms with Gasteiger partial charge >= 0.3 is 0 Å². The Kier molecular flexibility index (Phi) is 3.15. The SMILES string of the molecule is Fc1cc(Br)ccc1C1COCCN1. The van der Waals surface area contributed by atoms with Gasteiger partial charge in [-0.15, -0.1) is 0 Å². The molecule has 1 aliphatic rings. The number of hydrogen-bond donors (Lipinski definition) is 1. The molecule has 1 fully saturated rings. The zero-order valence-corrected chi connectivity index (χ0v) is 9.18. The number of halogens is 2. The third-order valence-corrected chi connectivity index (χ3v) is 2.75. The molecular formula is C10H11BrFNO. The van der Waals surface area contributed by atoms with E-state index in [-0.39, 0.29) is 11.9 Å². The Labute approximate surface area is 90.6 Å². The fourth-order valence-corrected chi connectivity index (χ4v) is 1.88. The Hall–Kier alpha value is -0.450. The predicted octanol–water partition coefficient (Wildman–Crippen LogP) is 2.25. The van der Waals surface area contributed by atoms with Crippen molar-refractivity contribution in [2.24, 2.45) is 0 Å². The van der Waals surface area contributed by atoms with Crippen molar-refractivity contribution >= 4 is 15.9 Å². The van der Waals surface area contributed by atoms with E-state index in [1.165, 1.54) is 6.07 Å². The van der Waals surface area contributed by atoms with Gasteiger partial charge in [-0.1, -0.05) is 22.0 Å². The van der Waals surface area contributed by atoms with Crippen molar-refractivity contribution in [1.82, 2.24) is 5.32 Å². The number of rotatable bonds is 1. The van der Waals surface area contributed by atoms with Crippen molar-refractivity contribution in [3.8, 4) is 0 Å². The Morgan fingerprint density at radius 1 is 1.50 bits per heavy atom. The van der Waals surface area contributed by atoms with Crippen molar-refractivity contribution in [2.45, 2.75) is 6.04 Å². The van der Waals surface area contributed by atoms with E-state index in [4.69, 9.17) is 4.74 Å². The van der Waals surface area contributed by atoms with Gasteiger partial charge in [0.25, 0.3) is 0 Å². The van der Waals surface area contributed by atoms with Gasteiger partial charge in [0.15, 0.2) is 0 Å². The Bertz CT molecular complexity index is 326. The highest BCUT2D eigenvalue weighted by atomic mass is 79.9. The normalized spacial score (nSPS) is 22.3. The van der Waals surface area contributed by atoms with E-state index < -0.39 is 0 Å². The van der Waals surface area contributed by atoms with Gasteiger partial charge in [0.05, 0.1) is 19.3 Å². The zero-order valence-electron chi connectivity index (χ0n) is 7.59. The summed E-state index contributed by atoms with van der Waals surface area (Å²) in [4.78, 5) is 0. The van der Waals surface area contributed by atoms with Crippen LogP contribution in [0, 0.1) is 5.82 Å². The lowest BCUT2D eigenvalue weighted by molar-refractivity contribution is 0.0757. The van der Waals surface area contributed by atoms with Crippen molar-refractivity contribution in [3.63, 3.8) is 0 Å². The molecule has 1 atom stereocenters. The van der Waals surface area contributed by atoms with Gasteiger partial charge in [-0.05, 0) is 12.1 Å². The molecule has 1 heterocycles. The first-order valence-electron chi connectivity index (χ1n) is 4.53. The van der Waals surface area contributed by atoms with Crippen LogP contribution in [0.25, 0.3) is 0 Å². The van der Waals surface area contributed by atoms with Gasteiger partial charge in [-0.2, -0.15) is 0 Å². The van der Waals surface area contributed by atoms with Crippen LogP contribution in [0.2, 0.25) is 0 Å². The molecule has 2 nitrogen and oxygen atoms in total. The Morgan fingerprint density at radius 2 is 2.36 bits per heavy atom. The van der Waals surface area contributed by atoms with Gasteiger partial charge in [0, 0.05) is 16.6 Å². The molecule has 14 heavy (non-hydrogen) atoms. The maximum Gasteiger partial charge on any atom is 0.129 e. The summed E-state index contributed by atoms with van der Waals surface area (Å²) in [5, 5.41) is 3.22. The first kappa shape index (κ1) is 10.1.